The van der Waals surface area contributed by atoms with E-state index in [1.165, 1.54) is 24.3 Å². The Balaban J connectivity index is 2.15. The Morgan fingerprint density at radius 2 is 1.86 bits per heavy atom. The minimum Gasteiger partial charge on any atom is -0.480 e. The van der Waals surface area contributed by atoms with E-state index in [9.17, 15) is 19.5 Å². The van der Waals surface area contributed by atoms with Crippen LogP contribution >= 0.6 is 0 Å². The molecule has 0 radical (unpaired) electrons. The number of rotatable bonds is 3. The number of β-amino-alcohol motifs (C(OH)–C–C–N with tert-alkyl or cyclic N) is 1. The molecule has 0 unspecified atom stereocenters. The molecule has 1 aromatic carbocycles. The van der Waals surface area contributed by atoms with Gasteiger partial charge in [0.15, 0.2) is 0 Å². The lowest BCUT2D eigenvalue weighted by atomic mass is 10.1. The smallest absolute Gasteiger partial charge is 0.326 e. The summed E-state index contributed by atoms with van der Waals surface area (Å²) in [7, 11) is 0. The van der Waals surface area contributed by atoms with Crippen LogP contribution in [0.15, 0.2) is 24.3 Å². The number of likely N-dealkylation sites (tertiary alicyclic amines) is 1. The van der Waals surface area contributed by atoms with Crippen molar-refractivity contribution in [3.05, 3.63) is 29.8 Å². The van der Waals surface area contributed by atoms with Crippen LogP contribution in [0.2, 0.25) is 0 Å². The number of aliphatic hydroxyl groups excluding tert-OH is 1. The molecule has 3 amide bonds. The summed E-state index contributed by atoms with van der Waals surface area (Å²) in [5.74, 6) is -1.63. The topological polar surface area (TPSA) is 133 Å². The van der Waals surface area contributed by atoms with E-state index < -0.39 is 30.1 Å². The summed E-state index contributed by atoms with van der Waals surface area (Å²) in [4.78, 5) is 35.2. The molecule has 0 bridgehead atoms. The first-order valence-electron chi connectivity index (χ1n) is 6.27. The standard InChI is InChI=1S/C13H15N3O5/c14-13(21)15-8-3-1-7(2-4-8)11(18)16-6-9(17)5-10(16)12(19)20/h1-4,9-10,17H,5-6H2,(H,19,20)(H3,14,15,21)/t9-,10-/m1/s1. The monoisotopic (exact) mass is 293 g/mol. The van der Waals surface area contributed by atoms with Gasteiger partial charge in [0.2, 0.25) is 0 Å². The number of carboxylic acid groups (broad SMARTS) is 1. The molecule has 1 fully saturated rings. The molecule has 1 heterocycles. The maximum Gasteiger partial charge on any atom is 0.326 e. The Morgan fingerprint density at radius 1 is 1.24 bits per heavy atom. The van der Waals surface area contributed by atoms with Gasteiger partial charge in [-0.15, -0.1) is 0 Å². The number of hydrogen-bond donors (Lipinski definition) is 4. The molecule has 2 rings (SSSR count). The molecule has 21 heavy (non-hydrogen) atoms. The van der Waals surface area contributed by atoms with Crippen molar-refractivity contribution in [2.45, 2.75) is 18.6 Å². The summed E-state index contributed by atoms with van der Waals surface area (Å²) in [5, 5.41) is 21.0. The number of benzene rings is 1. The van der Waals surface area contributed by atoms with Gasteiger partial charge in [-0.2, -0.15) is 0 Å². The van der Waals surface area contributed by atoms with Crippen LogP contribution in [-0.2, 0) is 4.79 Å². The van der Waals surface area contributed by atoms with Crippen molar-refractivity contribution in [1.82, 2.24) is 4.90 Å². The molecule has 1 aromatic rings. The highest BCUT2D eigenvalue weighted by Crippen LogP contribution is 2.21. The van der Waals surface area contributed by atoms with E-state index in [2.05, 4.69) is 5.32 Å². The minimum atomic E-state index is -1.15. The Hall–Kier alpha value is -2.61. The van der Waals surface area contributed by atoms with Crippen LogP contribution in [0.5, 0.6) is 0 Å². The normalized spacial score (nSPS) is 21.1. The summed E-state index contributed by atoms with van der Waals surface area (Å²) >= 11 is 0. The Morgan fingerprint density at radius 3 is 2.38 bits per heavy atom. The van der Waals surface area contributed by atoms with E-state index in [1.54, 1.807) is 0 Å². The molecule has 5 N–H and O–H groups in total. The van der Waals surface area contributed by atoms with Gasteiger partial charge in [0.1, 0.15) is 6.04 Å². The number of nitrogens with one attached hydrogen (secondary N) is 1. The zero-order valence-corrected chi connectivity index (χ0v) is 11.0. The lowest BCUT2D eigenvalue weighted by Gasteiger charge is -2.21. The highest BCUT2D eigenvalue weighted by molar-refractivity contribution is 5.97. The predicted molar refractivity (Wildman–Crippen MR) is 72.7 cm³/mol. The first kappa shape index (κ1) is 14.8. The number of urea groups is 1. The van der Waals surface area contributed by atoms with E-state index in [1.807, 2.05) is 0 Å². The van der Waals surface area contributed by atoms with Gasteiger partial charge in [0.25, 0.3) is 5.91 Å². The van der Waals surface area contributed by atoms with E-state index in [4.69, 9.17) is 10.8 Å². The van der Waals surface area contributed by atoms with Crippen LogP contribution in [0, 0.1) is 0 Å². The van der Waals surface area contributed by atoms with E-state index in [0.717, 1.165) is 4.90 Å². The van der Waals surface area contributed by atoms with Crippen molar-refractivity contribution in [2.24, 2.45) is 5.73 Å². The number of primary amides is 1. The van der Waals surface area contributed by atoms with Crippen LogP contribution in [0.1, 0.15) is 16.8 Å². The summed E-state index contributed by atoms with van der Waals surface area (Å²) in [5.41, 5.74) is 5.67. The van der Waals surface area contributed by atoms with E-state index in [-0.39, 0.29) is 18.5 Å². The first-order chi connectivity index (χ1) is 9.88. The molecule has 2 atom stereocenters. The van der Waals surface area contributed by atoms with Crippen molar-refractivity contribution < 1.29 is 24.6 Å². The second kappa shape index (κ2) is 5.80. The van der Waals surface area contributed by atoms with E-state index in [0.29, 0.717) is 5.69 Å². The molecule has 0 aliphatic carbocycles. The second-order valence-corrected chi connectivity index (χ2v) is 4.77. The molecular weight excluding hydrogens is 278 g/mol. The number of nitrogens with two attached hydrogens (primary N) is 1. The number of anilines is 1. The fourth-order valence-electron chi connectivity index (χ4n) is 2.28. The molecule has 1 aliphatic rings. The van der Waals surface area contributed by atoms with Gasteiger partial charge in [0, 0.05) is 24.2 Å². The summed E-state index contributed by atoms with van der Waals surface area (Å²) < 4.78 is 0. The highest BCUT2D eigenvalue weighted by atomic mass is 16.4. The number of nitrogens with zero attached hydrogens (tertiary/aromatic N) is 1. The molecule has 0 aromatic heterocycles. The lowest BCUT2D eigenvalue weighted by molar-refractivity contribution is -0.141. The number of aliphatic carboxylic acids is 1. The minimum absolute atomic E-state index is 0.0163. The van der Waals surface area contributed by atoms with Crippen molar-refractivity contribution in [2.75, 3.05) is 11.9 Å². The number of carbonyl (C=O) groups excluding carboxylic acids is 2. The number of aliphatic hydroxyl groups is 1. The largest absolute Gasteiger partial charge is 0.480 e. The number of carboxylic acids is 1. The molecule has 112 valence electrons. The SMILES string of the molecule is NC(=O)Nc1ccc(C(=O)N2C[C@H](O)C[C@@H]2C(=O)O)cc1. The molecule has 8 heteroatoms. The third kappa shape index (κ3) is 3.29. The Labute approximate surface area is 120 Å². The fraction of sp³-hybridized carbons (Fsp3) is 0.308. The quantitative estimate of drug-likeness (QED) is 0.614. The summed E-state index contributed by atoms with van der Waals surface area (Å²) in [6.45, 7) is -0.0168. The predicted octanol–water partition coefficient (Wildman–Crippen LogP) is -0.163. The van der Waals surface area contributed by atoms with Crippen LogP contribution in [0.4, 0.5) is 10.5 Å². The average Bonchev–Trinajstić information content (AvgIpc) is 2.80. The fourth-order valence-corrected chi connectivity index (χ4v) is 2.28. The third-order valence-corrected chi connectivity index (χ3v) is 3.22. The molecular formula is C13H15N3O5. The van der Waals surface area contributed by atoms with Crippen LogP contribution in [-0.4, -0.2) is 51.7 Å². The molecule has 0 spiro atoms. The summed E-state index contributed by atoms with van der Waals surface area (Å²) in [6, 6.07) is 4.13. The van der Waals surface area contributed by atoms with E-state index >= 15 is 0 Å². The van der Waals surface area contributed by atoms with Gasteiger partial charge in [0.05, 0.1) is 6.10 Å². The number of hydrogen-bond acceptors (Lipinski definition) is 4. The van der Waals surface area contributed by atoms with Crippen molar-refractivity contribution in [3.63, 3.8) is 0 Å². The lowest BCUT2D eigenvalue weighted by Crippen LogP contribution is -2.40. The van der Waals surface area contributed by atoms with Gasteiger partial charge >= 0.3 is 12.0 Å². The highest BCUT2D eigenvalue weighted by Gasteiger charge is 2.39. The van der Waals surface area contributed by atoms with Crippen LogP contribution < -0.4 is 11.1 Å². The maximum absolute atomic E-state index is 12.3. The number of carbonyl (C=O) groups is 3. The zero-order chi connectivity index (χ0) is 15.6. The second-order valence-electron chi connectivity index (χ2n) is 4.77. The Bertz CT molecular complexity index is 572. The van der Waals surface area contributed by atoms with Crippen LogP contribution in [0.25, 0.3) is 0 Å². The Kier molecular flexibility index (Phi) is 4.08. The molecule has 1 aliphatic heterocycles. The van der Waals surface area contributed by atoms with Gasteiger partial charge in [-0.25, -0.2) is 9.59 Å². The van der Waals surface area contributed by atoms with Gasteiger partial charge in [-0.1, -0.05) is 0 Å². The van der Waals surface area contributed by atoms with Gasteiger partial charge in [-0.3, -0.25) is 4.79 Å². The third-order valence-electron chi connectivity index (χ3n) is 3.22. The van der Waals surface area contributed by atoms with Crippen molar-refractivity contribution in [3.8, 4) is 0 Å². The van der Waals surface area contributed by atoms with Crippen molar-refractivity contribution >= 4 is 23.6 Å². The molecule has 8 nitrogen and oxygen atoms in total. The first-order valence-corrected chi connectivity index (χ1v) is 6.27. The van der Waals surface area contributed by atoms with Gasteiger partial charge in [-0.05, 0) is 24.3 Å². The zero-order valence-electron chi connectivity index (χ0n) is 11.0. The number of amides is 3. The van der Waals surface area contributed by atoms with Crippen molar-refractivity contribution in [1.29, 1.82) is 0 Å². The average molecular weight is 293 g/mol. The molecule has 1 saturated heterocycles. The van der Waals surface area contributed by atoms with Gasteiger partial charge < -0.3 is 26.2 Å². The van der Waals surface area contributed by atoms with Crippen LogP contribution in [0.3, 0.4) is 0 Å². The maximum atomic E-state index is 12.3. The molecule has 0 saturated carbocycles. The summed E-state index contributed by atoms with van der Waals surface area (Å²) in [6.07, 6.45) is -0.826.